The first kappa shape index (κ1) is 19.2. The van der Waals surface area contributed by atoms with Gasteiger partial charge in [-0.05, 0) is 25.0 Å². The van der Waals surface area contributed by atoms with E-state index in [1.165, 1.54) is 19.3 Å². The predicted octanol–water partition coefficient (Wildman–Crippen LogP) is 0.589. The van der Waals surface area contributed by atoms with Gasteiger partial charge in [0.1, 0.15) is 6.07 Å². The summed E-state index contributed by atoms with van der Waals surface area (Å²) in [6.45, 7) is 5.72. The van der Waals surface area contributed by atoms with Gasteiger partial charge >= 0.3 is 0 Å². The Kier molecular flexibility index (Phi) is 5.19. The Hall–Kier alpha value is -2.83. The van der Waals surface area contributed by atoms with Gasteiger partial charge in [-0.15, -0.1) is 10.2 Å². The van der Waals surface area contributed by atoms with Crippen molar-refractivity contribution in [3.8, 4) is 11.9 Å². The molecule has 156 valence electrons. The highest BCUT2D eigenvalue weighted by Crippen LogP contribution is 2.26. The van der Waals surface area contributed by atoms with Crippen molar-refractivity contribution in [1.29, 1.82) is 5.26 Å². The van der Waals surface area contributed by atoms with Gasteiger partial charge in [-0.25, -0.2) is 4.68 Å². The van der Waals surface area contributed by atoms with E-state index in [1.807, 2.05) is 17.2 Å². The molecule has 5 rings (SSSR count). The molecule has 0 radical (unpaired) electrons. The van der Waals surface area contributed by atoms with Crippen molar-refractivity contribution in [3.63, 3.8) is 0 Å². The zero-order chi connectivity index (χ0) is 20.5. The number of carbonyl (C=O) groups excluding carboxylic acids is 1. The molecule has 0 atom stereocenters. The number of rotatable bonds is 4. The number of amides is 1. The van der Waals surface area contributed by atoms with Gasteiger partial charge in [0, 0.05) is 57.3 Å². The quantitative estimate of drug-likeness (QED) is 0.733. The average Bonchev–Trinajstić information content (AvgIpc) is 3.16. The zero-order valence-corrected chi connectivity index (χ0v) is 17.1. The summed E-state index contributed by atoms with van der Waals surface area (Å²) >= 11 is 0. The van der Waals surface area contributed by atoms with Crippen LogP contribution in [0.2, 0.25) is 0 Å². The van der Waals surface area contributed by atoms with Crippen LogP contribution < -0.4 is 0 Å². The molecule has 2 aromatic rings. The molecular formula is C21H26N8O. The number of nitrogens with zero attached hydrogens (tertiary/aromatic N) is 8. The monoisotopic (exact) mass is 406 g/mol. The summed E-state index contributed by atoms with van der Waals surface area (Å²) in [4.78, 5) is 19.6. The Morgan fingerprint density at radius 1 is 1.13 bits per heavy atom. The van der Waals surface area contributed by atoms with Crippen LogP contribution in [0.5, 0.6) is 0 Å². The van der Waals surface area contributed by atoms with Crippen molar-refractivity contribution in [2.75, 3.05) is 39.3 Å². The molecule has 0 N–H and O–H groups in total. The molecule has 1 saturated carbocycles. The molecule has 2 aliphatic heterocycles. The SMILES string of the molecule is N#Cc1ccc(-n2ncc3c2CCN(CC(=O)N2CCN(C4CCC4)CC2)C3)nn1. The van der Waals surface area contributed by atoms with Gasteiger partial charge in [-0.2, -0.15) is 10.4 Å². The van der Waals surface area contributed by atoms with Crippen molar-refractivity contribution in [2.45, 2.75) is 38.3 Å². The van der Waals surface area contributed by atoms with Crippen molar-refractivity contribution < 1.29 is 4.79 Å². The average molecular weight is 406 g/mol. The van der Waals surface area contributed by atoms with Crippen LogP contribution in [-0.4, -0.2) is 85.9 Å². The summed E-state index contributed by atoms with van der Waals surface area (Å²) in [6, 6.07) is 6.15. The van der Waals surface area contributed by atoms with Crippen LogP contribution in [0.1, 0.15) is 36.2 Å². The second kappa shape index (κ2) is 8.13. The molecule has 2 fully saturated rings. The van der Waals surface area contributed by atoms with Gasteiger partial charge in [-0.1, -0.05) is 6.42 Å². The largest absolute Gasteiger partial charge is 0.339 e. The van der Waals surface area contributed by atoms with Crippen LogP contribution in [0, 0.1) is 11.3 Å². The van der Waals surface area contributed by atoms with E-state index >= 15 is 0 Å². The molecule has 4 heterocycles. The smallest absolute Gasteiger partial charge is 0.236 e. The molecule has 1 amide bonds. The van der Waals surface area contributed by atoms with E-state index in [9.17, 15) is 4.79 Å². The van der Waals surface area contributed by atoms with E-state index < -0.39 is 0 Å². The number of nitriles is 1. The standard InChI is InChI=1S/C21H26N8O/c22-12-17-4-5-20(25-24-17)29-19-6-7-26(14-16(19)13-23-29)15-21(30)28-10-8-27(9-11-28)18-2-1-3-18/h4-5,13,18H,1-3,6-11,14-15H2. The van der Waals surface area contributed by atoms with Gasteiger partial charge in [-0.3, -0.25) is 14.6 Å². The summed E-state index contributed by atoms with van der Waals surface area (Å²) in [5.74, 6) is 0.848. The fourth-order valence-corrected chi connectivity index (χ4v) is 4.60. The lowest BCUT2D eigenvalue weighted by atomic mass is 9.91. The minimum absolute atomic E-state index is 0.233. The van der Waals surface area contributed by atoms with E-state index in [1.54, 1.807) is 16.8 Å². The number of carbonyl (C=O) groups is 1. The molecule has 30 heavy (non-hydrogen) atoms. The molecule has 0 aromatic carbocycles. The number of piperazine rings is 1. The van der Waals surface area contributed by atoms with Crippen molar-refractivity contribution in [2.24, 2.45) is 0 Å². The minimum Gasteiger partial charge on any atom is -0.339 e. The highest BCUT2D eigenvalue weighted by atomic mass is 16.2. The normalized spacial score (nSPS) is 20.4. The van der Waals surface area contributed by atoms with Crippen molar-refractivity contribution >= 4 is 5.91 Å². The Morgan fingerprint density at radius 3 is 2.63 bits per heavy atom. The lowest BCUT2D eigenvalue weighted by molar-refractivity contribution is -0.135. The fourth-order valence-electron chi connectivity index (χ4n) is 4.60. The van der Waals surface area contributed by atoms with E-state index in [-0.39, 0.29) is 11.6 Å². The molecule has 1 aliphatic carbocycles. The topological polar surface area (TPSA) is 94.2 Å². The third-order valence-corrected chi connectivity index (χ3v) is 6.61. The Balaban J connectivity index is 1.18. The van der Waals surface area contributed by atoms with Crippen LogP contribution in [0.4, 0.5) is 0 Å². The van der Waals surface area contributed by atoms with Gasteiger partial charge in [0.15, 0.2) is 11.5 Å². The van der Waals surface area contributed by atoms with E-state index in [2.05, 4.69) is 25.1 Å². The summed E-state index contributed by atoms with van der Waals surface area (Å²) in [5.41, 5.74) is 2.51. The van der Waals surface area contributed by atoms with E-state index in [4.69, 9.17) is 5.26 Å². The number of fused-ring (bicyclic) bond motifs is 1. The van der Waals surface area contributed by atoms with Crippen LogP contribution in [-0.2, 0) is 17.8 Å². The Labute approximate surface area is 175 Å². The summed E-state index contributed by atoms with van der Waals surface area (Å²) in [7, 11) is 0. The third-order valence-electron chi connectivity index (χ3n) is 6.61. The molecule has 1 saturated heterocycles. The molecule has 0 spiro atoms. The second-order valence-corrected chi connectivity index (χ2v) is 8.38. The lowest BCUT2D eigenvalue weighted by Crippen LogP contribution is -2.55. The van der Waals surface area contributed by atoms with Crippen molar-refractivity contribution in [3.05, 3.63) is 35.3 Å². The van der Waals surface area contributed by atoms with Crippen LogP contribution in [0.3, 0.4) is 0 Å². The van der Waals surface area contributed by atoms with Gasteiger partial charge in [0.25, 0.3) is 0 Å². The van der Waals surface area contributed by atoms with E-state index in [0.29, 0.717) is 18.9 Å². The van der Waals surface area contributed by atoms with Crippen LogP contribution >= 0.6 is 0 Å². The first-order chi connectivity index (χ1) is 14.7. The predicted molar refractivity (Wildman–Crippen MR) is 109 cm³/mol. The van der Waals surface area contributed by atoms with E-state index in [0.717, 1.165) is 56.4 Å². The number of hydrogen-bond acceptors (Lipinski definition) is 7. The lowest BCUT2D eigenvalue weighted by Gasteiger charge is -2.43. The molecule has 0 unspecified atom stereocenters. The number of aromatic nitrogens is 4. The Bertz CT molecular complexity index is 950. The maximum absolute atomic E-state index is 12.8. The molecule has 9 heteroatoms. The molecule has 0 bridgehead atoms. The summed E-state index contributed by atoms with van der Waals surface area (Å²) < 4.78 is 1.79. The second-order valence-electron chi connectivity index (χ2n) is 8.38. The molecule has 2 aromatic heterocycles. The first-order valence-electron chi connectivity index (χ1n) is 10.8. The van der Waals surface area contributed by atoms with Gasteiger partial charge < -0.3 is 4.90 Å². The maximum Gasteiger partial charge on any atom is 0.236 e. The summed E-state index contributed by atoms with van der Waals surface area (Å²) in [6.07, 6.45) is 6.66. The third kappa shape index (κ3) is 3.68. The Morgan fingerprint density at radius 2 is 1.97 bits per heavy atom. The minimum atomic E-state index is 0.233. The van der Waals surface area contributed by atoms with Crippen LogP contribution in [0.15, 0.2) is 18.3 Å². The zero-order valence-electron chi connectivity index (χ0n) is 17.1. The highest BCUT2D eigenvalue weighted by molar-refractivity contribution is 5.78. The highest BCUT2D eigenvalue weighted by Gasteiger charge is 2.30. The summed E-state index contributed by atoms with van der Waals surface area (Å²) in [5, 5.41) is 21.4. The first-order valence-corrected chi connectivity index (χ1v) is 10.8. The van der Waals surface area contributed by atoms with Gasteiger partial charge in [0.2, 0.25) is 5.91 Å². The number of hydrogen-bond donors (Lipinski definition) is 0. The molecule has 3 aliphatic rings. The molecular weight excluding hydrogens is 380 g/mol. The fraction of sp³-hybridized carbons (Fsp3) is 0.571. The van der Waals surface area contributed by atoms with Crippen LogP contribution in [0.25, 0.3) is 5.82 Å². The van der Waals surface area contributed by atoms with Crippen molar-refractivity contribution in [1.82, 2.24) is 34.7 Å². The molecule has 9 nitrogen and oxygen atoms in total. The maximum atomic E-state index is 12.8. The van der Waals surface area contributed by atoms with Gasteiger partial charge in [0.05, 0.1) is 18.4 Å².